The molecule has 1 aromatic heterocycles. The van der Waals surface area contributed by atoms with Crippen molar-refractivity contribution in [3.8, 4) is 5.88 Å². The van der Waals surface area contributed by atoms with Crippen LogP contribution in [0.15, 0.2) is 20.6 Å². The highest BCUT2D eigenvalue weighted by molar-refractivity contribution is 7.91. The highest BCUT2D eigenvalue weighted by atomic mass is 32.2. The van der Waals surface area contributed by atoms with E-state index in [4.69, 9.17) is 9.88 Å². The topological polar surface area (TPSA) is 127 Å². The third-order valence-corrected chi connectivity index (χ3v) is 6.27. The summed E-state index contributed by atoms with van der Waals surface area (Å²) in [6.07, 6.45) is 2.17. The lowest BCUT2D eigenvalue weighted by Gasteiger charge is -2.17. The second-order valence-corrected chi connectivity index (χ2v) is 9.52. The fourth-order valence-corrected chi connectivity index (χ4v) is 4.61. The van der Waals surface area contributed by atoms with Gasteiger partial charge in [0.1, 0.15) is 10.6 Å². The summed E-state index contributed by atoms with van der Waals surface area (Å²) >= 11 is 0. The molecular weight excluding hydrogens is 394 g/mol. The summed E-state index contributed by atoms with van der Waals surface area (Å²) in [5.74, 6) is 0.611. The minimum Gasteiger partial charge on any atom is -0.477 e. The van der Waals surface area contributed by atoms with E-state index in [9.17, 15) is 9.00 Å². The summed E-state index contributed by atoms with van der Waals surface area (Å²) in [5.41, 5.74) is 1.82. The number of hydrazone groups is 1. The van der Waals surface area contributed by atoms with Crippen LogP contribution in [-0.4, -0.2) is 55.3 Å². The van der Waals surface area contributed by atoms with Crippen molar-refractivity contribution in [1.82, 2.24) is 15.1 Å². The van der Waals surface area contributed by atoms with Crippen LogP contribution in [0.5, 0.6) is 5.88 Å². The first-order chi connectivity index (χ1) is 13.7. The Morgan fingerprint density at radius 2 is 2.17 bits per heavy atom. The van der Waals surface area contributed by atoms with E-state index in [1.165, 1.54) is 6.20 Å². The van der Waals surface area contributed by atoms with Crippen molar-refractivity contribution in [2.75, 3.05) is 13.2 Å². The predicted molar refractivity (Wildman–Crippen MR) is 111 cm³/mol. The molecule has 2 atom stereocenters. The predicted octanol–water partition coefficient (Wildman–Crippen LogP) is 1.60. The first kappa shape index (κ1) is 21.4. The van der Waals surface area contributed by atoms with Crippen molar-refractivity contribution < 1.29 is 18.4 Å². The summed E-state index contributed by atoms with van der Waals surface area (Å²) in [7, 11) is -3.50. The fraction of sp³-hybridized carbons (Fsp3) is 0.667. The van der Waals surface area contributed by atoms with Crippen LogP contribution in [0.4, 0.5) is 4.79 Å². The molecule has 0 aromatic carbocycles. The molecular formula is C18H30N7O3S+. The van der Waals surface area contributed by atoms with Crippen LogP contribution >= 0.6 is 0 Å². The molecule has 3 rings (SSSR count). The van der Waals surface area contributed by atoms with Gasteiger partial charge in [-0.05, 0) is 12.0 Å². The highest BCUT2D eigenvalue weighted by Gasteiger charge is 2.41. The number of carbonyl (C=O) groups excluding carboxylic acids is 1. The maximum atomic E-state index is 13.0. The third kappa shape index (κ3) is 4.20. The summed E-state index contributed by atoms with van der Waals surface area (Å²) in [5, 5.41) is 17.6. The third-order valence-electron chi connectivity index (χ3n) is 4.92. The van der Waals surface area contributed by atoms with Gasteiger partial charge in [-0.3, -0.25) is 0 Å². The molecule has 10 nitrogen and oxygen atoms in total. The summed E-state index contributed by atoms with van der Waals surface area (Å²) in [6.45, 7) is 12.0. The number of fused-ring (bicyclic) bond motifs is 1. The van der Waals surface area contributed by atoms with Crippen LogP contribution in [0, 0.1) is 11.8 Å². The van der Waals surface area contributed by atoms with Gasteiger partial charge in [0, 0.05) is 24.8 Å². The number of nitrogens with zero attached hydrogens (tertiary/aromatic N) is 5. The molecule has 2 aliphatic heterocycles. The zero-order chi connectivity index (χ0) is 21.3. The maximum absolute atomic E-state index is 13.0. The Bertz CT molecular complexity index is 984. The van der Waals surface area contributed by atoms with Gasteiger partial charge in [-0.2, -0.15) is 5.10 Å². The monoisotopic (exact) mass is 424 g/mol. The van der Waals surface area contributed by atoms with Gasteiger partial charge in [0.15, 0.2) is 22.5 Å². The van der Waals surface area contributed by atoms with Crippen molar-refractivity contribution >= 4 is 27.4 Å². The van der Waals surface area contributed by atoms with E-state index < -0.39 is 22.0 Å². The average molecular weight is 425 g/mol. The Morgan fingerprint density at radius 3 is 2.79 bits per heavy atom. The lowest BCUT2D eigenvalue weighted by molar-refractivity contribution is -0.529. The lowest BCUT2D eigenvalue weighted by atomic mass is 9.92. The smallest absolute Gasteiger partial charge is 0.351 e. The summed E-state index contributed by atoms with van der Waals surface area (Å²) in [4.78, 5) is 12.9. The van der Waals surface area contributed by atoms with Crippen LogP contribution in [-0.2, 0) is 16.5 Å². The summed E-state index contributed by atoms with van der Waals surface area (Å²) < 4.78 is 25.9. The Morgan fingerprint density at radius 1 is 1.45 bits per heavy atom. The molecule has 160 valence electrons. The van der Waals surface area contributed by atoms with Gasteiger partial charge < -0.3 is 10.1 Å². The summed E-state index contributed by atoms with van der Waals surface area (Å²) in [6, 6.07) is -1.15. The molecule has 11 heteroatoms. The number of amides is 2. The normalized spacial score (nSPS) is 21.0. The molecule has 2 unspecified atom stereocenters. The van der Waals surface area contributed by atoms with Crippen molar-refractivity contribution in [1.29, 1.82) is 0 Å². The first-order valence-corrected chi connectivity index (χ1v) is 11.5. The number of hydrogen-bond acceptors (Lipinski definition) is 5. The van der Waals surface area contributed by atoms with Crippen molar-refractivity contribution in [2.45, 2.75) is 58.5 Å². The molecule has 0 radical (unpaired) electrons. The zero-order valence-electron chi connectivity index (χ0n) is 17.6. The molecule has 2 amide bonds. The van der Waals surface area contributed by atoms with Crippen molar-refractivity contribution in [3.05, 3.63) is 6.20 Å². The number of hydrogen-bond donors (Lipinski definition) is 2. The van der Waals surface area contributed by atoms with E-state index >= 15 is 0 Å². The Kier molecular flexibility index (Phi) is 6.08. The largest absolute Gasteiger partial charge is 0.477 e. The van der Waals surface area contributed by atoms with E-state index in [1.54, 1.807) is 4.68 Å². The molecule has 2 aliphatic rings. The molecule has 0 aliphatic carbocycles. The molecule has 0 spiro atoms. The number of ether oxygens (including phenoxy) is 1. The van der Waals surface area contributed by atoms with Gasteiger partial charge in [0.05, 0.1) is 12.8 Å². The van der Waals surface area contributed by atoms with E-state index in [0.29, 0.717) is 25.6 Å². The second-order valence-electron chi connectivity index (χ2n) is 7.76. The lowest BCUT2D eigenvalue weighted by Crippen LogP contribution is -2.48. The Balaban J connectivity index is 1.90. The van der Waals surface area contributed by atoms with Crippen molar-refractivity contribution in [3.63, 3.8) is 0 Å². The van der Waals surface area contributed by atoms with Gasteiger partial charge >= 0.3 is 6.03 Å². The number of nitrogens with two attached hydrogens (primary N) is 1. The molecule has 0 saturated heterocycles. The van der Waals surface area contributed by atoms with Crippen LogP contribution in [0.3, 0.4) is 0 Å². The zero-order valence-corrected chi connectivity index (χ0v) is 18.4. The van der Waals surface area contributed by atoms with Crippen LogP contribution in [0.25, 0.3) is 0 Å². The molecule has 3 heterocycles. The molecule has 3 N–H and O–H groups in total. The SMILES string of the molecule is CC[N+]1=C(C(C)C)C(NC(=O)N=S(N)(=O)c2cnn3c2OCCC3)C(C(C)C)=N1. The average Bonchev–Trinajstić information content (AvgIpc) is 3.22. The number of urea groups is 1. The van der Waals surface area contributed by atoms with Gasteiger partial charge in [0.2, 0.25) is 11.6 Å². The van der Waals surface area contributed by atoms with Crippen LogP contribution in [0.2, 0.25) is 0 Å². The second kappa shape index (κ2) is 8.23. The van der Waals surface area contributed by atoms with Gasteiger partial charge in [-0.1, -0.05) is 32.4 Å². The quantitative estimate of drug-likeness (QED) is 0.696. The molecule has 29 heavy (non-hydrogen) atoms. The van der Waals surface area contributed by atoms with Gasteiger partial charge in [-0.15, -0.1) is 4.36 Å². The van der Waals surface area contributed by atoms with E-state index in [-0.39, 0.29) is 16.7 Å². The Labute approximate surface area is 171 Å². The molecule has 0 fully saturated rings. The van der Waals surface area contributed by atoms with Crippen molar-refractivity contribution in [2.24, 2.45) is 26.4 Å². The minimum absolute atomic E-state index is 0.129. The molecule has 0 bridgehead atoms. The number of carbonyl (C=O) groups is 1. The standard InChI is InChI=1S/C18H29N7O3S/c1-6-24-16(12(4)5)15(14(22-24)11(2)3)21-18(26)23-29(19,27)13-10-20-25-8-7-9-28-17(13)25/h10-12,15H,6-9H2,1-5H3,(H2-,19,21,23,26,27)/p+1. The number of aryl methyl sites for hydroxylation is 1. The maximum Gasteiger partial charge on any atom is 0.351 e. The van der Waals surface area contributed by atoms with Gasteiger partial charge in [0.25, 0.3) is 0 Å². The van der Waals surface area contributed by atoms with E-state index in [2.05, 4.69) is 33.7 Å². The number of nitrogens with one attached hydrogen (secondary N) is 1. The van der Waals surface area contributed by atoms with Crippen LogP contribution in [0.1, 0.15) is 41.0 Å². The van der Waals surface area contributed by atoms with Gasteiger partial charge in [-0.25, -0.2) is 18.8 Å². The molecule has 0 saturated carbocycles. The van der Waals surface area contributed by atoms with Crippen LogP contribution < -0.4 is 15.2 Å². The first-order valence-electron chi connectivity index (χ1n) is 9.92. The van der Waals surface area contributed by atoms with E-state index in [1.807, 2.05) is 25.5 Å². The fourth-order valence-electron chi connectivity index (χ4n) is 3.60. The Hall–Kier alpha value is -2.27. The number of aromatic nitrogens is 2. The number of rotatable bonds is 5. The van der Waals surface area contributed by atoms with E-state index in [0.717, 1.165) is 17.8 Å². The molecule has 1 aromatic rings. The minimum atomic E-state index is -3.50. The highest BCUT2D eigenvalue weighted by Crippen LogP contribution is 2.26.